The van der Waals surface area contributed by atoms with Crippen LogP contribution in [0.2, 0.25) is 5.02 Å². The fourth-order valence-corrected chi connectivity index (χ4v) is 5.91. The number of hydrogen-bond donors (Lipinski definition) is 7. The Morgan fingerprint density at radius 1 is 0.868 bits per heavy atom. The number of carboxylic acids is 2. The van der Waals surface area contributed by atoms with Gasteiger partial charge in [-0.25, -0.2) is 9.59 Å². The number of tetrazole rings is 1. The van der Waals surface area contributed by atoms with Crippen molar-refractivity contribution in [3.8, 4) is 5.69 Å². The highest BCUT2D eigenvalue weighted by molar-refractivity contribution is 6.40. The second-order valence-electron chi connectivity index (χ2n) is 12.1. The van der Waals surface area contributed by atoms with Crippen LogP contribution in [0, 0.1) is 5.92 Å². The van der Waals surface area contributed by atoms with Gasteiger partial charge in [-0.3, -0.25) is 19.2 Å². The van der Waals surface area contributed by atoms with Gasteiger partial charge in [0.25, 0.3) is 0 Å². The van der Waals surface area contributed by atoms with Crippen molar-refractivity contribution in [2.75, 3.05) is 29.0 Å². The molecule has 19 heteroatoms. The number of benzene rings is 3. The van der Waals surface area contributed by atoms with Gasteiger partial charge in [0, 0.05) is 46.8 Å². The molecule has 1 fully saturated rings. The first-order valence-electron chi connectivity index (χ1n) is 16.1. The van der Waals surface area contributed by atoms with Gasteiger partial charge in [-0.1, -0.05) is 23.7 Å². The summed E-state index contributed by atoms with van der Waals surface area (Å²) in [5, 5.41) is 40.7. The van der Waals surface area contributed by atoms with Gasteiger partial charge >= 0.3 is 29.8 Å². The molecule has 1 aliphatic heterocycles. The van der Waals surface area contributed by atoms with Crippen LogP contribution in [-0.2, 0) is 25.6 Å². The molecule has 7 N–H and O–H groups in total. The summed E-state index contributed by atoms with van der Waals surface area (Å²) in [7, 11) is 0. The summed E-state index contributed by atoms with van der Waals surface area (Å²) in [6.07, 6.45) is 1.92. The van der Waals surface area contributed by atoms with Gasteiger partial charge in [-0.05, 0) is 83.4 Å². The Bertz CT molecular complexity index is 2200. The predicted molar refractivity (Wildman–Crippen MR) is 190 cm³/mol. The molecule has 1 atom stereocenters. The van der Waals surface area contributed by atoms with Crippen molar-refractivity contribution in [1.29, 1.82) is 0 Å². The number of carboxylic acid groups (broad SMARTS) is 2. The quantitative estimate of drug-likeness (QED) is 0.102. The number of H-pyrrole nitrogens is 1. The molecule has 5 aromatic rings. The molecular formula is C34H31ClN10O8. The molecule has 0 bridgehead atoms. The zero-order chi connectivity index (χ0) is 37.6. The second-order valence-corrected chi connectivity index (χ2v) is 12.5. The largest absolute Gasteiger partial charge is 0.481 e. The van der Waals surface area contributed by atoms with Gasteiger partial charge in [0.15, 0.2) is 0 Å². The maximum absolute atomic E-state index is 13.7. The van der Waals surface area contributed by atoms with Crippen LogP contribution in [0.4, 0.5) is 21.9 Å². The molecular weight excluding hydrogens is 712 g/mol. The molecule has 5 amide bonds. The number of fused-ring (bicyclic) bond motifs is 1. The number of rotatable bonds is 10. The minimum atomic E-state index is -1.29. The third kappa shape index (κ3) is 8.74. The number of piperidine rings is 1. The summed E-state index contributed by atoms with van der Waals surface area (Å²) in [6.45, 7) is 0.609. The topological polar surface area (TPSA) is 254 Å². The molecule has 1 aliphatic rings. The lowest BCUT2D eigenvalue weighted by Gasteiger charge is -2.30. The Kier molecular flexibility index (Phi) is 10.6. The molecule has 0 radical (unpaired) electrons. The number of anilines is 3. The first-order valence-corrected chi connectivity index (χ1v) is 16.5. The lowest BCUT2D eigenvalue weighted by molar-refractivity contribution is -0.143. The first-order chi connectivity index (χ1) is 25.4. The van der Waals surface area contributed by atoms with Gasteiger partial charge in [0.2, 0.25) is 5.91 Å². The third-order valence-corrected chi connectivity index (χ3v) is 8.76. The predicted octanol–water partition coefficient (Wildman–Crippen LogP) is 3.13. The average Bonchev–Trinajstić information content (AvgIpc) is 3.83. The van der Waals surface area contributed by atoms with E-state index in [0.29, 0.717) is 59.5 Å². The maximum atomic E-state index is 13.7. The van der Waals surface area contributed by atoms with Crippen molar-refractivity contribution >= 4 is 75.3 Å². The molecule has 0 spiro atoms. The SMILES string of the molecule is O=C(Nc1cc(Cl)ccc1-n1cnnn1)C(=O)N[C@@H](Cc1ccc(NC(=O)N2CCC(C(=O)O)CC2)cc1)C(=O)Nc1ccc2[nH]c(C(=O)O)cc2c1. The Hall–Kier alpha value is -6.82. The number of urea groups is 1. The number of aromatic nitrogens is 5. The summed E-state index contributed by atoms with van der Waals surface area (Å²) < 4.78 is 1.26. The summed E-state index contributed by atoms with van der Waals surface area (Å²) in [4.78, 5) is 79.9. The summed E-state index contributed by atoms with van der Waals surface area (Å²) in [5.41, 5.74) is 2.25. The fourth-order valence-electron chi connectivity index (χ4n) is 5.74. The van der Waals surface area contributed by atoms with Crippen molar-refractivity contribution in [1.82, 2.24) is 35.4 Å². The number of nitrogens with zero attached hydrogens (tertiary/aromatic N) is 5. The van der Waals surface area contributed by atoms with Crippen LogP contribution in [0.25, 0.3) is 16.6 Å². The van der Waals surface area contributed by atoms with E-state index in [1.807, 2.05) is 0 Å². The number of carbonyl (C=O) groups excluding carboxylic acids is 4. The minimum absolute atomic E-state index is 0.0371. The van der Waals surface area contributed by atoms with Crippen molar-refractivity contribution in [3.63, 3.8) is 0 Å². The van der Waals surface area contributed by atoms with E-state index < -0.39 is 41.6 Å². The number of aliphatic carboxylic acids is 1. The minimum Gasteiger partial charge on any atom is -0.481 e. The van der Waals surface area contributed by atoms with E-state index in [-0.39, 0.29) is 28.9 Å². The van der Waals surface area contributed by atoms with E-state index >= 15 is 0 Å². The van der Waals surface area contributed by atoms with Gasteiger partial charge < -0.3 is 41.4 Å². The molecule has 0 unspecified atom stereocenters. The number of nitrogens with one attached hydrogen (secondary N) is 5. The highest BCUT2D eigenvalue weighted by Gasteiger charge is 2.28. The maximum Gasteiger partial charge on any atom is 0.352 e. The zero-order valence-electron chi connectivity index (χ0n) is 27.6. The number of aromatic amines is 1. The summed E-state index contributed by atoms with van der Waals surface area (Å²) in [6, 6.07) is 15.4. The van der Waals surface area contributed by atoms with E-state index in [0.717, 1.165) is 0 Å². The molecule has 3 aromatic carbocycles. The lowest BCUT2D eigenvalue weighted by atomic mass is 9.97. The Morgan fingerprint density at radius 2 is 1.60 bits per heavy atom. The van der Waals surface area contributed by atoms with Crippen LogP contribution in [0.5, 0.6) is 0 Å². The number of carbonyl (C=O) groups is 6. The normalized spacial score (nSPS) is 13.6. The van der Waals surface area contributed by atoms with Crippen LogP contribution in [-0.4, -0.2) is 95.1 Å². The Balaban J connectivity index is 1.17. The van der Waals surface area contributed by atoms with Gasteiger partial charge in [-0.2, -0.15) is 4.68 Å². The molecule has 53 heavy (non-hydrogen) atoms. The van der Waals surface area contributed by atoms with Crippen LogP contribution in [0.3, 0.4) is 0 Å². The third-order valence-electron chi connectivity index (χ3n) is 8.53. The van der Waals surface area contributed by atoms with Gasteiger partial charge in [-0.15, -0.1) is 5.10 Å². The highest BCUT2D eigenvalue weighted by atomic mass is 35.5. The number of halogens is 1. The van der Waals surface area contributed by atoms with E-state index in [9.17, 15) is 39.0 Å². The molecule has 0 aliphatic carbocycles. The van der Waals surface area contributed by atoms with Crippen LogP contribution < -0.4 is 21.3 Å². The lowest BCUT2D eigenvalue weighted by Crippen LogP contribution is -2.49. The van der Waals surface area contributed by atoms with Crippen LogP contribution in [0.15, 0.2) is 73.1 Å². The standard InChI is InChI=1S/C34H31ClN10O8/c35-21-3-8-28(45-17-36-42-43-45)25(16-21)40-30(47)31(48)41-26(29(46)37-23-6-7-24-20(14-23)15-27(39-24)33(51)52)13-18-1-4-22(5-2-18)38-34(53)44-11-9-19(10-12-44)32(49)50/h1-8,14-17,19,26,39H,9-13H2,(H,37,46)(H,38,53)(H,40,47)(H,41,48)(H,49,50)(H,51,52)/t26-/m0/s1. The van der Waals surface area contributed by atoms with Crippen molar-refractivity contribution in [2.45, 2.75) is 25.3 Å². The van der Waals surface area contributed by atoms with Crippen LogP contribution in [0.1, 0.15) is 28.9 Å². The number of aromatic carboxylic acids is 1. The number of likely N-dealkylation sites (tertiary alicyclic amines) is 1. The molecule has 2 aromatic heterocycles. The van der Waals surface area contributed by atoms with Crippen molar-refractivity contribution < 1.29 is 39.0 Å². The van der Waals surface area contributed by atoms with E-state index in [1.54, 1.807) is 48.5 Å². The smallest absolute Gasteiger partial charge is 0.352 e. The average molecular weight is 743 g/mol. The zero-order valence-corrected chi connectivity index (χ0v) is 28.3. The van der Waals surface area contributed by atoms with E-state index in [1.165, 1.54) is 34.1 Å². The Labute approximate surface area is 304 Å². The first kappa shape index (κ1) is 36.0. The van der Waals surface area contributed by atoms with E-state index in [4.69, 9.17) is 11.6 Å². The molecule has 3 heterocycles. The van der Waals surface area contributed by atoms with E-state index in [2.05, 4.69) is 41.8 Å². The number of hydrogen-bond acceptors (Lipinski definition) is 9. The van der Waals surface area contributed by atoms with Crippen molar-refractivity contribution in [3.05, 3.63) is 89.3 Å². The van der Waals surface area contributed by atoms with Crippen LogP contribution >= 0.6 is 11.6 Å². The molecule has 0 saturated carbocycles. The fraction of sp³-hybridized carbons (Fsp3) is 0.206. The number of amides is 5. The van der Waals surface area contributed by atoms with Gasteiger partial charge in [0.1, 0.15) is 18.1 Å². The monoisotopic (exact) mass is 742 g/mol. The second kappa shape index (κ2) is 15.6. The highest BCUT2D eigenvalue weighted by Crippen LogP contribution is 2.25. The Morgan fingerprint density at radius 3 is 2.28 bits per heavy atom. The summed E-state index contributed by atoms with van der Waals surface area (Å²) in [5.74, 6) is -5.45. The van der Waals surface area contributed by atoms with Gasteiger partial charge in [0.05, 0.1) is 17.3 Å². The molecule has 6 rings (SSSR count). The van der Waals surface area contributed by atoms with Crippen molar-refractivity contribution in [2.24, 2.45) is 5.92 Å². The molecule has 272 valence electrons. The molecule has 18 nitrogen and oxygen atoms in total. The summed E-state index contributed by atoms with van der Waals surface area (Å²) >= 11 is 6.14. The molecule has 1 saturated heterocycles.